The maximum Gasteiger partial charge on any atom is 0.276 e. The van der Waals surface area contributed by atoms with E-state index < -0.39 is 27.9 Å². The maximum absolute atomic E-state index is 12.4. The summed E-state index contributed by atoms with van der Waals surface area (Å²) in [4.78, 5) is 0. The molecule has 0 amide bonds. The minimum atomic E-state index is -2.87. The normalized spacial score (nSPS) is 41.0. The summed E-state index contributed by atoms with van der Waals surface area (Å²) in [5.41, 5.74) is 0. The molecule has 10 heavy (non-hydrogen) atoms. The number of hydrogen-bond donors (Lipinski definition) is 0. The average molecular weight is 172 g/mol. The number of halogens is 3. The van der Waals surface area contributed by atoms with Gasteiger partial charge in [0, 0.05) is 6.92 Å². The highest BCUT2D eigenvalue weighted by Gasteiger charge is 2.45. The highest BCUT2D eigenvalue weighted by atomic mass is 32.2. The molecule has 2 unspecified atom stereocenters. The molecule has 1 rings (SSSR count). The summed E-state index contributed by atoms with van der Waals surface area (Å²) in [6, 6.07) is 0. The van der Waals surface area contributed by atoms with Gasteiger partial charge in [0.15, 0.2) is 0 Å². The Hall–Kier alpha value is -0.360. The summed E-state index contributed by atoms with van der Waals surface area (Å²) in [7, 11) is 0. The zero-order valence-electron chi connectivity index (χ0n) is 4.86. The number of alkyl halides is 1. The molecular weight excluding hydrogens is 169 g/mol. The van der Waals surface area contributed by atoms with Crippen LogP contribution < -0.4 is 0 Å². The summed E-state index contributed by atoms with van der Waals surface area (Å²) in [5.74, 6) is -4.61. The molecule has 0 aromatic heterocycles. The van der Waals surface area contributed by atoms with Crippen LogP contribution >= 0.6 is 0 Å². The largest absolute Gasteiger partial charge is 0.276 e. The van der Waals surface area contributed by atoms with Crippen molar-refractivity contribution in [2.45, 2.75) is 12.8 Å². The van der Waals surface area contributed by atoms with Gasteiger partial charge in [-0.25, -0.2) is 17.2 Å². The molecule has 0 bridgehead atoms. The molecule has 6 heteroatoms. The first-order valence-electron chi connectivity index (χ1n) is 2.31. The highest BCUT2D eigenvalue weighted by molar-refractivity contribution is 7.84. The highest BCUT2D eigenvalue weighted by Crippen LogP contribution is 2.37. The third-order valence-corrected chi connectivity index (χ3v) is 1.88. The van der Waals surface area contributed by atoms with Crippen molar-refractivity contribution < 1.29 is 21.6 Å². The first-order chi connectivity index (χ1) is 4.45. The molecule has 0 aromatic carbocycles. The van der Waals surface area contributed by atoms with Crippen LogP contribution in [0.3, 0.4) is 0 Å². The molecule has 0 fully saturated rings. The zero-order chi connectivity index (χ0) is 7.94. The monoisotopic (exact) mass is 172 g/mol. The molecule has 0 spiro atoms. The van der Waals surface area contributed by atoms with E-state index in [4.69, 9.17) is 0 Å². The second kappa shape index (κ2) is 2.06. The quantitative estimate of drug-likeness (QED) is 0.553. The summed E-state index contributed by atoms with van der Waals surface area (Å²) in [5, 5.41) is -1.68. The predicted molar refractivity (Wildman–Crippen MR) is 28.0 cm³/mol. The van der Waals surface area contributed by atoms with Gasteiger partial charge >= 0.3 is 0 Å². The van der Waals surface area contributed by atoms with Crippen LogP contribution in [0.2, 0.25) is 0 Å². The minimum absolute atomic E-state index is 0.646. The van der Waals surface area contributed by atoms with Crippen LogP contribution in [-0.4, -0.2) is 10.1 Å². The minimum Gasteiger partial charge on any atom is -0.238 e. The summed E-state index contributed by atoms with van der Waals surface area (Å²) in [6.07, 6.45) is 0. The molecule has 0 saturated carbocycles. The standard InChI is InChI=1S/C4H3F3O2S/c1-4(7)2(5)3(6)10(8)9-4/h1H3. The SMILES string of the molecule is CC1(F)OS(=O)C(F)=C1F. The molecule has 0 aromatic rings. The van der Waals surface area contributed by atoms with Crippen molar-refractivity contribution in [2.75, 3.05) is 0 Å². The van der Waals surface area contributed by atoms with E-state index in [-0.39, 0.29) is 0 Å². The van der Waals surface area contributed by atoms with Crippen LogP contribution in [0, 0.1) is 0 Å². The molecule has 0 radical (unpaired) electrons. The van der Waals surface area contributed by atoms with Crippen molar-refractivity contribution in [1.29, 1.82) is 0 Å². The fourth-order valence-corrected chi connectivity index (χ4v) is 1.22. The Labute approximate surface area is 57.3 Å². The third-order valence-electron chi connectivity index (χ3n) is 0.943. The Morgan fingerprint density at radius 1 is 1.60 bits per heavy atom. The van der Waals surface area contributed by atoms with Crippen LogP contribution in [0.15, 0.2) is 11.0 Å². The fourth-order valence-electron chi connectivity index (χ4n) is 0.464. The molecule has 1 aliphatic rings. The second-order valence-corrected chi connectivity index (χ2v) is 2.82. The Morgan fingerprint density at radius 2 is 2.10 bits per heavy atom. The molecule has 0 aliphatic carbocycles. The van der Waals surface area contributed by atoms with E-state index >= 15 is 0 Å². The van der Waals surface area contributed by atoms with Gasteiger partial charge in [0.05, 0.1) is 0 Å². The third kappa shape index (κ3) is 0.969. The smallest absolute Gasteiger partial charge is 0.238 e. The van der Waals surface area contributed by atoms with Crippen LogP contribution in [0.4, 0.5) is 13.2 Å². The number of hydrogen-bond acceptors (Lipinski definition) is 2. The first-order valence-corrected chi connectivity index (χ1v) is 3.38. The lowest BCUT2D eigenvalue weighted by atomic mass is 10.3. The van der Waals surface area contributed by atoms with Gasteiger partial charge in [0.25, 0.3) is 11.0 Å². The van der Waals surface area contributed by atoms with E-state index in [1.165, 1.54) is 0 Å². The van der Waals surface area contributed by atoms with E-state index in [9.17, 15) is 17.4 Å². The van der Waals surface area contributed by atoms with Gasteiger partial charge in [-0.3, -0.25) is 0 Å². The first kappa shape index (κ1) is 7.74. The van der Waals surface area contributed by atoms with Crippen molar-refractivity contribution in [3.8, 4) is 0 Å². The maximum atomic E-state index is 12.4. The van der Waals surface area contributed by atoms with Crippen LogP contribution in [-0.2, 0) is 15.3 Å². The van der Waals surface area contributed by atoms with Crippen molar-refractivity contribution in [3.05, 3.63) is 11.0 Å². The van der Waals surface area contributed by atoms with Gasteiger partial charge in [-0.05, 0) is 0 Å². The van der Waals surface area contributed by atoms with Gasteiger partial charge in [0.1, 0.15) is 0 Å². The molecule has 1 heterocycles. The molecule has 58 valence electrons. The topological polar surface area (TPSA) is 26.3 Å². The van der Waals surface area contributed by atoms with Crippen molar-refractivity contribution in [3.63, 3.8) is 0 Å². The second-order valence-electron chi connectivity index (χ2n) is 1.82. The zero-order valence-corrected chi connectivity index (χ0v) is 5.68. The lowest BCUT2D eigenvalue weighted by molar-refractivity contribution is -0.00680. The van der Waals surface area contributed by atoms with Gasteiger partial charge in [-0.1, -0.05) is 0 Å². The molecule has 0 saturated heterocycles. The molecule has 2 atom stereocenters. The molecule has 1 aliphatic heterocycles. The summed E-state index contributed by atoms with van der Waals surface area (Å²) in [6.45, 7) is 0.646. The van der Waals surface area contributed by atoms with Crippen molar-refractivity contribution in [1.82, 2.24) is 0 Å². The van der Waals surface area contributed by atoms with Crippen LogP contribution in [0.25, 0.3) is 0 Å². The van der Waals surface area contributed by atoms with Gasteiger partial charge in [-0.15, -0.1) is 0 Å². The Balaban J connectivity index is 3.06. The fraction of sp³-hybridized carbons (Fsp3) is 0.500. The van der Waals surface area contributed by atoms with E-state index in [2.05, 4.69) is 4.18 Å². The van der Waals surface area contributed by atoms with E-state index in [1.54, 1.807) is 0 Å². The Bertz CT molecular complexity index is 223. The molecule has 2 nitrogen and oxygen atoms in total. The Morgan fingerprint density at radius 3 is 2.20 bits per heavy atom. The number of rotatable bonds is 0. The lowest BCUT2D eigenvalue weighted by Gasteiger charge is -2.07. The predicted octanol–water partition coefficient (Wildman–Crippen LogP) is 1.47. The summed E-state index contributed by atoms with van der Waals surface area (Å²) < 4.78 is 50.6. The molecule has 0 N–H and O–H groups in total. The summed E-state index contributed by atoms with van der Waals surface area (Å²) >= 11 is -2.60. The van der Waals surface area contributed by atoms with Gasteiger partial charge in [0.2, 0.25) is 16.9 Å². The lowest BCUT2D eigenvalue weighted by Crippen LogP contribution is -2.17. The van der Waals surface area contributed by atoms with E-state index in [0.29, 0.717) is 6.92 Å². The molecular formula is C4H3F3O2S. The van der Waals surface area contributed by atoms with E-state index in [1.807, 2.05) is 0 Å². The van der Waals surface area contributed by atoms with Gasteiger partial charge < -0.3 is 0 Å². The van der Waals surface area contributed by atoms with Crippen LogP contribution in [0.5, 0.6) is 0 Å². The Kier molecular flexibility index (Phi) is 1.60. The van der Waals surface area contributed by atoms with Crippen molar-refractivity contribution in [2.24, 2.45) is 0 Å². The van der Waals surface area contributed by atoms with Gasteiger partial charge in [-0.2, -0.15) is 4.39 Å². The van der Waals surface area contributed by atoms with Crippen molar-refractivity contribution >= 4 is 11.1 Å². The van der Waals surface area contributed by atoms with E-state index in [0.717, 1.165) is 0 Å². The average Bonchev–Trinajstić information content (AvgIpc) is 1.95. The van der Waals surface area contributed by atoms with Crippen LogP contribution in [0.1, 0.15) is 6.92 Å².